The van der Waals surface area contributed by atoms with E-state index < -0.39 is 0 Å². The van der Waals surface area contributed by atoms with Gasteiger partial charge in [0.05, 0.1) is 0 Å². The lowest BCUT2D eigenvalue weighted by molar-refractivity contribution is 1.18. The molecule has 8 aromatic rings. The normalized spacial score (nSPS) is 11.2. The summed E-state index contributed by atoms with van der Waals surface area (Å²) >= 11 is 0. The average Bonchev–Trinajstić information content (AvgIpc) is 3.11. The van der Waals surface area contributed by atoms with Gasteiger partial charge in [-0.2, -0.15) is 0 Å². The van der Waals surface area contributed by atoms with Gasteiger partial charge in [0.1, 0.15) is 0 Å². The molecule has 1 aromatic heterocycles. The Hall–Kier alpha value is -5.86. The predicted molar refractivity (Wildman–Crippen MR) is 184 cm³/mol. The van der Waals surface area contributed by atoms with Crippen molar-refractivity contribution in [1.82, 2.24) is 9.97 Å². The Morgan fingerprint density at radius 1 is 0.273 bits per heavy atom. The quantitative estimate of drug-likeness (QED) is 0.196. The fourth-order valence-electron chi connectivity index (χ4n) is 6.30. The number of nitrogens with zero attached hydrogens (tertiary/aromatic N) is 2. The number of benzene rings is 7. The maximum absolute atomic E-state index is 4.37. The topological polar surface area (TPSA) is 25.8 Å². The molecule has 0 radical (unpaired) electrons. The van der Waals surface area contributed by atoms with Gasteiger partial charge < -0.3 is 0 Å². The summed E-state index contributed by atoms with van der Waals surface area (Å²) in [6, 6.07) is 56.5. The molecule has 0 fully saturated rings. The Balaban J connectivity index is 1.26. The Morgan fingerprint density at radius 2 is 0.682 bits per heavy atom. The smallest absolute Gasteiger partial charge is 0.159 e. The summed E-state index contributed by atoms with van der Waals surface area (Å²) in [5, 5.41) is 5.06. The van der Waals surface area contributed by atoms with Crippen LogP contribution in [0.5, 0.6) is 0 Å². The van der Waals surface area contributed by atoms with Crippen molar-refractivity contribution in [2.45, 2.75) is 0 Å². The number of aromatic nitrogens is 2. The molecule has 2 nitrogen and oxygen atoms in total. The third-order valence-corrected chi connectivity index (χ3v) is 8.41. The van der Waals surface area contributed by atoms with E-state index in [1.807, 2.05) is 6.07 Å². The first-order chi connectivity index (χ1) is 21.8. The van der Waals surface area contributed by atoms with Crippen molar-refractivity contribution in [1.29, 1.82) is 0 Å². The minimum Gasteiger partial charge on any atom is -0.237 e. The molecular formula is C42H28N2. The van der Waals surface area contributed by atoms with Crippen LogP contribution in [0.25, 0.3) is 77.4 Å². The van der Waals surface area contributed by atoms with Crippen LogP contribution in [0.3, 0.4) is 0 Å². The van der Waals surface area contributed by atoms with Gasteiger partial charge in [-0.05, 0) is 78.2 Å². The molecule has 0 N–H and O–H groups in total. The largest absolute Gasteiger partial charge is 0.237 e. The van der Waals surface area contributed by atoms with Gasteiger partial charge in [-0.3, -0.25) is 0 Å². The summed E-state index contributed by atoms with van der Waals surface area (Å²) in [6.45, 7) is 0. The van der Waals surface area contributed by atoms with E-state index in [9.17, 15) is 0 Å². The van der Waals surface area contributed by atoms with Crippen molar-refractivity contribution in [2.24, 2.45) is 0 Å². The maximum Gasteiger partial charge on any atom is 0.159 e. The van der Waals surface area contributed by atoms with E-state index in [2.05, 4.69) is 162 Å². The summed E-state index contributed by atoms with van der Waals surface area (Å²) in [7, 11) is 0. The van der Waals surface area contributed by atoms with Crippen LogP contribution in [0, 0.1) is 0 Å². The van der Waals surface area contributed by atoms with E-state index in [-0.39, 0.29) is 0 Å². The average molecular weight is 561 g/mol. The molecule has 8 rings (SSSR count). The zero-order chi connectivity index (χ0) is 29.3. The molecule has 206 valence electrons. The Kier molecular flexibility index (Phi) is 6.51. The van der Waals surface area contributed by atoms with Crippen LogP contribution >= 0.6 is 0 Å². The number of fused-ring (bicyclic) bond motifs is 2. The van der Waals surface area contributed by atoms with Crippen LogP contribution in [-0.4, -0.2) is 9.97 Å². The van der Waals surface area contributed by atoms with Crippen molar-refractivity contribution in [2.75, 3.05) is 0 Å². The van der Waals surface area contributed by atoms with E-state index in [0.29, 0.717) is 0 Å². The standard InChI is InChI=1S/C42H28N2/c1-3-10-32(11-4-1)40-36-14-7-8-15-37(36)41(33-12-5-2-6-13-33)39-28-35(24-25-38(39)40)31-18-16-29(17-19-31)30-20-22-34(23-21-30)42-43-26-9-27-44-42/h1-28H. The molecule has 1 heterocycles. The van der Waals surface area contributed by atoms with Gasteiger partial charge in [-0.25, -0.2) is 9.97 Å². The van der Waals surface area contributed by atoms with Gasteiger partial charge in [0, 0.05) is 18.0 Å². The van der Waals surface area contributed by atoms with E-state index in [1.165, 1.54) is 66.1 Å². The van der Waals surface area contributed by atoms with Gasteiger partial charge in [0.25, 0.3) is 0 Å². The van der Waals surface area contributed by atoms with Crippen molar-refractivity contribution < 1.29 is 0 Å². The molecule has 0 atom stereocenters. The highest BCUT2D eigenvalue weighted by molar-refractivity contribution is 6.21. The number of rotatable bonds is 5. The molecule has 0 saturated heterocycles. The first kappa shape index (κ1) is 25.8. The molecule has 0 saturated carbocycles. The van der Waals surface area contributed by atoms with Crippen LogP contribution in [0.2, 0.25) is 0 Å². The zero-order valence-electron chi connectivity index (χ0n) is 24.1. The molecule has 0 aliphatic carbocycles. The summed E-state index contributed by atoms with van der Waals surface area (Å²) in [4.78, 5) is 8.74. The SMILES string of the molecule is c1ccc(-c2c3ccccc3c(-c3ccccc3)c3cc(-c4ccc(-c5ccc(-c6ncccn6)cc5)cc4)ccc23)cc1. The first-order valence-corrected chi connectivity index (χ1v) is 14.9. The first-order valence-electron chi connectivity index (χ1n) is 14.9. The highest BCUT2D eigenvalue weighted by Gasteiger charge is 2.17. The highest BCUT2D eigenvalue weighted by Crippen LogP contribution is 2.44. The van der Waals surface area contributed by atoms with E-state index >= 15 is 0 Å². The summed E-state index contributed by atoms with van der Waals surface area (Å²) in [6.07, 6.45) is 3.55. The van der Waals surface area contributed by atoms with Crippen molar-refractivity contribution in [3.8, 4) is 55.9 Å². The van der Waals surface area contributed by atoms with Gasteiger partial charge in [0.2, 0.25) is 0 Å². The second-order valence-corrected chi connectivity index (χ2v) is 11.0. The maximum atomic E-state index is 4.37. The molecule has 0 spiro atoms. The second-order valence-electron chi connectivity index (χ2n) is 11.0. The summed E-state index contributed by atoms with van der Waals surface area (Å²) in [5.41, 5.74) is 10.8. The van der Waals surface area contributed by atoms with Gasteiger partial charge in [-0.1, -0.05) is 146 Å². The van der Waals surface area contributed by atoms with Gasteiger partial charge in [0.15, 0.2) is 5.82 Å². The molecule has 7 aromatic carbocycles. The predicted octanol–water partition coefficient (Wildman–Crippen LogP) is 11.1. The molecule has 0 aliphatic rings. The van der Waals surface area contributed by atoms with Crippen molar-refractivity contribution in [3.05, 3.63) is 170 Å². The Labute approximate surface area is 257 Å². The van der Waals surface area contributed by atoms with E-state index in [0.717, 1.165) is 11.4 Å². The minimum atomic E-state index is 0.740. The van der Waals surface area contributed by atoms with Crippen LogP contribution < -0.4 is 0 Å². The van der Waals surface area contributed by atoms with Crippen LogP contribution in [0.1, 0.15) is 0 Å². The zero-order valence-corrected chi connectivity index (χ0v) is 24.1. The molecule has 0 aliphatic heterocycles. The highest BCUT2D eigenvalue weighted by atomic mass is 14.8. The van der Waals surface area contributed by atoms with Gasteiger partial charge >= 0.3 is 0 Å². The fourth-order valence-corrected chi connectivity index (χ4v) is 6.30. The van der Waals surface area contributed by atoms with Crippen molar-refractivity contribution in [3.63, 3.8) is 0 Å². The lowest BCUT2D eigenvalue weighted by atomic mass is 9.85. The molecule has 0 bridgehead atoms. The summed E-state index contributed by atoms with van der Waals surface area (Å²) in [5.74, 6) is 0.740. The lowest BCUT2D eigenvalue weighted by Crippen LogP contribution is -1.91. The third-order valence-electron chi connectivity index (χ3n) is 8.41. The molecule has 0 unspecified atom stereocenters. The van der Waals surface area contributed by atoms with Crippen LogP contribution in [0.15, 0.2) is 170 Å². The third kappa shape index (κ3) is 4.63. The minimum absolute atomic E-state index is 0.740. The number of hydrogen-bond acceptors (Lipinski definition) is 2. The van der Waals surface area contributed by atoms with Gasteiger partial charge in [-0.15, -0.1) is 0 Å². The number of hydrogen-bond donors (Lipinski definition) is 0. The Morgan fingerprint density at radius 3 is 1.23 bits per heavy atom. The molecule has 0 amide bonds. The fraction of sp³-hybridized carbons (Fsp3) is 0. The summed E-state index contributed by atoms with van der Waals surface area (Å²) < 4.78 is 0. The molecule has 44 heavy (non-hydrogen) atoms. The molecule has 2 heteroatoms. The van der Waals surface area contributed by atoms with Crippen LogP contribution in [-0.2, 0) is 0 Å². The van der Waals surface area contributed by atoms with Crippen LogP contribution in [0.4, 0.5) is 0 Å². The van der Waals surface area contributed by atoms with E-state index in [1.54, 1.807) is 12.4 Å². The monoisotopic (exact) mass is 560 g/mol. The van der Waals surface area contributed by atoms with Crippen molar-refractivity contribution >= 4 is 21.5 Å². The second kappa shape index (κ2) is 11.1. The molecular weight excluding hydrogens is 532 g/mol. The lowest BCUT2D eigenvalue weighted by Gasteiger charge is -2.18. The Bertz CT molecular complexity index is 2220. The van der Waals surface area contributed by atoms with E-state index in [4.69, 9.17) is 0 Å².